The third-order valence-corrected chi connectivity index (χ3v) is 7.10. The second-order valence-corrected chi connectivity index (χ2v) is 8.96. The molecule has 0 radical (unpaired) electrons. The third-order valence-electron chi connectivity index (χ3n) is 5.36. The average molecular weight is 477 g/mol. The molecule has 1 atom stereocenters. The number of methoxy groups -OCH3 is 2. The van der Waals surface area contributed by atoms with E-state index in [1.165, 1.54) is 10.4 Å². The Morgan fingerprint density at radius 2 is 1.94 bits per heavy atom. The maximum absolute atomic E-state index is 12.9. The van der Waals surface area contributed by atoms with E-state index < -0.39 is 0 Å². The molecule has 0 saturated heterocycles. The molecule has 0 spiro atoms. The largest absolute Gasteiger partial charge is 0.493 e. The van der Waals surface area contributed by atoms with Gasteiger partial charge in [0.2, 0.25) is 5.91 Å². The molecule has 1 N–H and O–H groups in total. The first kappa shape index (κ1) is 22.0. The predicted molar refractivity (Wildman–Crippen MR) is 126 cm³/mol. The maximum Gasteiger partial charge on any atom is 0.238 e. The van der Waals surface area contributed by atoms with Crippen molar-refractivity contribution in [3.8, 4) is 11.5 Å². The number of amides is 1. The van der Waals surface area contributed by atoms with Crippen LogP contribution in [0.2, 0.25) is 10.0 Å². The normalized spacial score (nSPS) is 15.9. The van der Waals surface area contributed by atoms with Gasteiger partial charge >= 0.3 is 0 Å². The fraction of sp³-hybridized carbons (Fsp3) is 0.261. The van der Waals surface area contributed by atoms with Gasteiger partial charge in [-0.15, -0.1) is 11.3 Å². The lowest BCUT2D eigenvalue weighted by atomic mass is 9.91. The first-order valence-corrected chi connectivity index (χ1v) is 11.4. The van der Waals surface area contributed by atoms with E-state index in [9.17, 15) is 4.79 Å². The van der Waals surface area contributed by atoms with Crippen LogP contribution in [0.3, 0.4) is 0 Å². The third kappa shape index (κ3) is 4.53. The van der Waals surface area contributed by atoms with Gasteiger partial charge in [-0.05, 0) is 53.3 Å². The van der Waals surface area contributed by atoms with Gasteiger partial charge in [0.1, 0.15) is 0 Å². The molecule has 1 aliphatic heterocycles. The van der Waals surface area contributed by atoms with Crippen LogP contribution in [0.5, 0.6) is 11.5 Å². The van der Waals surface area contributed by atoms with Crippen LogP contribution in [0.4, 0.5) is 5.69 Å². The number of ether oxygens (including phenoxy) is 2. The Kier molecular flexibility index (Phi) is 6.72. The summed E-state index contributed by atoms with van der Waals surface area (Å²) in [6, 6.07) is 13.3. The number of nitrogens with zero attached hydrogens (tertiary/aromatic N) is 1. The summed E-state index contributed by atoms with van der Waals surface area (Å²) < 4.78 is 11.0. The Labute approximate surface area is 195 Å². The van der Waals surface area contributed by atoms with Crippen molar-refractivity contribution in [2.75, 3.05) is 32.6 Å². The number of fused-ring (bicyclic) bond motifs is 1. The summed E-state index contributed by atoms with van der Waals surface area (Å²) in [5.74, 6) is 1.25. The van der Waals surface area contributed by atoms with Crippen LogP contribution in [0.25, 0.3) is 0 Å². The van der Waals surface area contributed by atoms with Crippen molar-refractivity contribution in [2.24, 2.45) is 0 Å². The van der Waals surface area contributed by atoms with Gasteiger partial charge in [-0.25, -0.2) is 0 Å². The van der Waals surface area contributed by atoms with Crippen LogP contribution in [0.1, 0.15) is 22.0 Å². The summed E-state index contributed by atoms with van der Waals surface area (Å²) >= 11 is 14.0. The lowest BCUT2D eigenvalue weighted by molar-refractivity contribution is -0.117. The summed E-state index contributed by atoms with van der Waals surface area (Å²) in [6.45, 7) is 0.959. The van der Waals surface area contributed by atoms with E-state index in [0.717, 1.165) is 18.5 Å². The van der Waals surface area contributed by atoms with Gasteiger partial charge in [0.25, 0.3) is 0 Å². The van der Waals surface area contributed by atoms with Gasteiger partial charge in [0.15, 0.2) is 11.5 Å². The van der Waals surface area contributed by atoms with E-state index >= 15 is 0 Å². The number of benzene rings is 2. The summed E-state index contributed by atoms with van der Waals surface area (Å²) in [4.78, 5) is 16.2. The quantitative estimate of drug-likeness (QED) is 0.498. The first-order valence-electron chi connectivity index (χ1n) is 9.78. The molecular weight excluding hydrogens is 455 g/mol. The highest BCUT2D eigenvalue weighted by Gasteiger charge is 2.32. The number of carbonyl (C=O) groups excluding carboxylic acids is 1. The molecule has 0 fully saturated rings. The monoisotopic (exact) mass is 476 g/mol. The molecule has 162 valence electrons. The van der Waals surface area contributed by atoms with Crippen molar-refractivity contribution in [3.63, 3.8) is 0 Å². The van der Waals surface area contributed by atoms with Gasteiger partial charge in [-0.2, -0.15) is 0 Å². The van der Waals surface area contributed by atoms with Crippen LogP contribution < -0.4 is 14.8 Å². The minimum Gasteiger partial charge on any atom is -0.493 e. The molecule has 0 bridgehead atoms. The Morgan fingerprint density at radius 3 is 2.65 bits per heavy atom. The molecule has 8 heteroatoms. The average Bonchev–Trinajstić information content (AvgIpc) is 3.30. The molecule has 1 aliphatic rings. The van der Waals surface area contributed by atoms with E-state index in [-0.39, 0.29) is 18.5 Å². The number of halogens is 2. The van der Waals surface area contributed by atoms with Crippen molar-refractivity contribution >= 4 is 46.1 Å². The van der Waals surface area contributed by atoms with E-state index in [1.54, 1.807) is 43.8 Å². The molecule has 1 amide bonds. The molecule has 4 rings (SSSR count). The van der Waals surface area contributed by atoms with Crippen molar-refractivity contribution in [1.82, 2.24) is 4.90 Å². The maximum atomic E-state index is 12.9. The summed E-state index contributed by atoms with van der Waals surface area (Å²) in [5, 5.41) is 5.69. The molecular formula is C23H22Cl2N2O3S. The van der Waals surface area contributed by atoms with E-state index in [4.69, 9.17) is 32.7 Å². The van der Waals surface area contributed by atoms with E-state index in [1.807, 2.05) is 23.6 Å². The lowest BCUT2D eigenvalue weighted by Gasteiger charge is -2.37. The van der Waals surface area contributed by atoms with Crippen molar-refractivity contribution in [2.45, 2.75) is 12.5 Å². The summed E-state index contributed by atoms with van der Waals surface area (Å²) in [6.07, 6.45) is 0.808. The lowest BCUT2D eigenvalue weighted by Crippen LogP contribution is -2.41. The van der Waals surface area contributed by atoms with E-state index in [0.29, 0.717) is 27.2 Å². The molecule has 2 aromatic carbocycles. The Balaban J connectivity index is 1.63. The first-order chi connectivity index (χ1) is 15.0. The molecule has 1 unspecified atom stereocenters. The molecule has 0 aliphatic carbocycles. The van der Waals surface area contributed by atoms with Gasteiger partial charge in [0.05, 0.1) is 42.5 Å². The highest BCUT2D eigenvalue weighted by molar-refractivity contribution is 7.10. The molecule has 5 nitrogen and oxygen atoms in total. The highest BCUT2D eigenvalue weighted by Crippen LogP contribution is 2.42. The minimum absolute atomic E-state index is 0.0517. The SMILES string of the molecule is COc1cc2c(cc1OC)C(c1cccs1)N(CC(=O)Nc1cccc(Cl)c1Cl)CC2. The second-order valence-electron chi connectivity index (χ2n) is 7.19. The smallest absolute Gasteiger partial charge is 0.238 e. The highest BCUT2D eigenvalue weighted by atomic mass is 35.5. The standard InChI is InChI=1S/C23H22Cl2N2O3S/c1-29-18-11-14-8-9-27(13-21(28)26-17-6-3-5-16(24)22(17)25)23(20-7-4-10-31-20)15(14)12-19(18)30-2/h3-7,10-12,23H,8-9,13H2,1-2H3,(H,26,28). The summed E-state index contributed by atoms with van der Waals surface area (Å²) in [5.41, 5.74) is 2.83. The van der Waals surface area contributed by atoms with Crippen molar-refractivity contribution < 1.29 is 14.3 Å². The van der Waals surface area contributed by atoms with Gasteiger partial charge in [0, 0.05) is 11.4 Å². The van der Waals surface area contributed by atoms with Crippen LogP contribution in [-0.2, 0) is 11.2 Å². The topological polar surface area (TPSA) is 50.8 Å². The predicted octanol–water partition coefficient (Wildman–Crippen LogP) is 5.66. The number of nitrogens with one attached hydrogen (secondary N) is 1. The van der Waals surface area contributed by atoms with Crippen LogP contribution in [0.15, 0.2) is 47.8 Å². The molecule has 2 heterocycles. The van der Waals surface area contributed by atoms with Crippen molar-refractivity contribution in [1.29, 1.82) is 0 Å². The zero-order valence-electron chi connectivity index (χ0n) is 17.2. The number of hydrogen-bond donors (Lipinski definition) is 1. The zero-order chi connectivity index (χ0) is 22.0. The molecule has 31 heavy (non-hydrogen) atoms. The summed E-state index contributed by atoms with van der Waals surface area (Å²) in [7, 11) is 3.27. The minimum atomic E-state index is -0.144. The second kappa shape index (κ2) is 9.49. The van der Waals surface area contributed by atoms with Crippen molar-refractivity contribution in [3.05, 3.63) is 73.9 Å². The number of rotatable bonds is 6. The van der Waals surface area contributed by atoms with Crippen LogP contribution in [0, 0.1) is 0 Å². The number of anilines is 1. The number of carbonyl (C=O) groups is 1. The Morgan fingerprint density at radius 1 is 1.16 bits per heavy atom. The Hall–Kier alpha value is -2.25. The number of hydrogen-bond acceptors (Lipinski definition) is 5. The molecule has 3 aromatic rings. The molecule has 1 aromatic heterocycles. The van der Waals surface area contributed by atoms with Gasteiger partial charge in [-0.1, -0.05) is 35.3 Å². The van der Waals surface area contributed by atoms with Gasteiger partial charge in [-0.3, -0.25) is 9.69 Å². The van der Waals surface area contributed by atoms with E-state index in [2.05, 4.69) is 16.3 Å². The van der Waals surface area contributed by atoms with Crippen LogP contribution >= 0.6 is 34.5 Å². The van der Waals surface area contributed by atoms with Crippen LogP contribution in [-0.4, -0.2) is 38.1 Å². The fourth-order valence-electron chi connectivity index (χ4n) is 3.92. The molecule has 0 saturated carbocycles. The fourth-order valence-corrected chi connectivity index (χ4v) is 5.15. The Bertz CT molecular complexity index is 1090. The number of thiophene rings is 1. The zero-order valence-corrected chi connectivity index (χ0v) is 19.5. The van der Waals surface area contributed by atoms with Gasteiger partial charge < -0.3 is 14.8 Å².